The Morgan fingerprint density at radius 3 is 2.81 bits per heavy atom. The number of urea groups is 1. The van der Waals surface area contributed by atoms with Crippen molar-refractivity contribution in [2.75, 3.05) is 49.6 Å². The van der Waals surface area contributed by atoms with Gasteiger partial charge in [-0.15, -0.1) is 0 Å². The van der Waals surface area contributed by atoms with E-state index in [-0.39, 0.29) is 6.03 Å². The number of hydrogen-bond donors (Lipinski definition) is 2. The molecule has 0 spiro atoms. The van der Waals surface area contributed by atoms with Crippen LogP contribution in [-0.2, 0) is 6.54 Å². The van der Waals surface area contributed by atoms with Crippen molar-refractivity contribution < 1.29 is 9.53 Å². The summed E-state index contributed by atoms with van der Waals surface area (Å²) in [5, 5.41) is 6.07. The second-order valence-corrected chi connectivity index (χ2v) is 8.40. The van der Waals surface area contributed by atoms with Crippen LogP contribution in [0.15, 0.2) is 42.6 Å². The second-order valence-electron chi connectivity index (χ2n) is 8.40. The first-order chi connectivity index (χ1) is 15.2. The fourth-order valence-corrected chi connectivity index (χ4v) is 4.47. The van der Waals surface area contributed by atoms with Gasteiger partial charge in [-0.3, -0.25) is 0 Å². The number of piperidine rings is 1. The molecule has 4 rings (SSSR count). The second kappa shape index (κ2) is 10.4. The first-order valence-corrected chi connectivity index (χ1v) is 11.3. The largest absolute Gasteiger partial charge is 0.497 e. The Kier molecular flexibility index (Phi) is 7.12. The topological polar surface area (TPSA) is 69.7 Å². The highest BCUT2D eigenvalue weighted by molar-refractivity contribution is 5.74. The standard InChI is InChI=1S/C24H33N5O2/c1-31-22-9-5-8-21(15-22)29-14-10-19(18-29)16-26-24(30)27-17-20-7-6-11-25-23(20)28-12-3-2-4-13-28/h5-9,11,15,19H,2-4,10,12-14,16-18H2,1H3,(H2,26,27,30). The van der Waals surface area contributed by atoms with Gasteiger partial charge >= 0.3 is 6.03 Å². The smallest absolute Gasteiger partial charge is 0.315 e. The highest BCUT2D eigenvalue weighted by Gasteiger charge is 2.23. The van der Waals surface area contributed by atoms with E-state index in [4.69, 9.17) is 4.74 Å². The maximum absolute atomic E-state index is 12.4. The average molecular weight is 424 g/mol. The lowest BCUT2D eigenvalue weighted by molar-refractivity contribution is 0.239. The van der Waals surface area contributed by atoms with E-state index >= 15 is 0 Å². The molecule has 0 bridgehead atoms. The molecule has 1 aromatic carbocycles. The Balaban J connectivity index is 1.23. The zero-order valence-electron chi connectivity index (χ0n) is 18.3. The van der Waals surface area contributed by atoms with Crippen molar-refractivity contribution in [3.63, 3.8) is 0 Å². The van der Waals surface area contributed by atoms with E-state index in [0.29, 0.717) is 19.0 Å². The van der Waals surface area contributed by atoms with E-state index in [1.807, 2.05) is 24.4 Å². The van der Waals surface area contributed by atoms with Gasteiger partial charge in [0.15, 0.2) is 0 Å². The van der Waals surface area contributed by atoms with Gasteiger partial charge in [-0.2, -0.15) is 0 Å². The lowest BCUT2D eigenvalue weighted by Crippen LogP contribution is -2.39. The van der Waals surface area contributed by atoms with Gasteiger partial charge in [0.05, 0.1) is 7.11 Å². The van der Waals surface area contributed by atoms with Gasteiger partial charge < -0.3 is 25.2 Å². The highest BCUT2D eigenvalue weighted by Crippen LogP contribution is 2.26. The quantitative estimate of drug-likeness (QED) is 0.714. The summed E-state index contributed by atoms with van der Waals surface area (Å²) in [6.45, 7) is 5.19. The minimum Gasteiger partial charge on any atom is -0.497 e. The van der Waals surface area contributed by atoms with Crippen molar-refractivity contribution >= 4 is 17.5 Å². The number of hydrogen-bond acceptors (Lipinski definition) is 5. The predicted molar refractivity (Wildman–Crippen MR) is 124 cm³/mol. The molecule has 2 saturated heterocycles. The average Bonchev–Trinajstić information content (AvgIpc) is 3.31. The number of rotatable bonds is 7. The number of pyridine rings is 1. The normalized spacial score (nSPS) is 18.7. The molecular formula is C24H33N5O2. The molecule has 2 aliphatic rings. The molecular weight excluding hydrogens is 390 g/mol. The van der Waals surface area contributed by atoms with Crippen LogP contribution in [0.2, 0.25) is 0 Å². The number of ether oxygens (including phenoxy) is 1. The lowest BCUT2D eigenvalue weighted by atomic mass is 10.1. The predicted octanol–water partition coefficient (Wildman–Crippen LogP) is 3.41. The summed E-state index contributed by atoms with van der Waals surface area (Å²) in [6, 6.07) is 12.0. The van der Waals surface area contributed by atoms with Crippen molar-refractivity contribution in [1.29, 1.82) is 0 Å². The number of anilines is 2. The van der Waals surface area contributed by atoms with E-state index in [1.54, 1.807) is 7.11 Å². The molecule has 31 heavy (non-hydrogen) atoms. The number of carbonyl (C=O) groups is 1. The minimum atomic E-state index is -0.117. The number of aromatic nitrogens is 1. The zero-order valence-corrected chi connectivity index (χ0v) is 18.3. The van der Waals surface area contributed by atoms with Gasteiger partial charge in [-0.25, -0.2) is 9.78 Å². The Bertz CT molecular complexity index is 869. The molecule has 1 atom stereocenters. The molecule has 1 unspecified atom stereocenters. The van der Waals surface area contributed by atoms with E-state index < -0.39 is 0 Å². The number of nitrogens with one attached hydrogen (secondary N) is 2. The molecule has 0 radical (unpaired) electrons. The van der Waals surface area contributed by atoms with Gasteiger partial charge in [0.25, 0.3) is 0 Å². The molecule has 0 aliphatic carbocycles. The van der Waals surface area contributed by atoms with Gasteiger partial charge in [-0.05, 0) is 49.8 Å². The number of benzene rings is 1. The van der Waals surface area contributed by atoms with E-state index in [2.05, 4.69) is 43.6 Å². The summed E-state index contributed by atoms with van der Waals surface area (Å²) in [5.41, 5.74) is 2.25. The van der Waals surface area contributed by atoms with E-state index in [1.165, 1.54) is 24.9 Å². The first kappa shape index (κ1) is 21.3. The van der Waals surface area contributed by atoms with Crippen LogP contribution in [0.5, 0.6) is 5.75 Å². The molecule has 7 nitrogen and oxygen atoms in total. The van der Waals surface area contributed by atoms with Crippen molar-refractivity contribution in [3.05, 3.63) is 48.2 Å². The monoisotopic (exact) mass is 423 g/mol. The van der Waals surface area contributed by atoms with Crippen molar-refractivity contribution in [1.82, 2.24) is 15.6 Å². The number of nitrogens with zero attached hydrogens (tertiary/aromatic N) is 3. The van der Waals surface area contributed by atoms with Crippen molar-refractivity contribution in [2.45, 2.75) is 32.2 Å². The molecule has 3 heterocycles. The fraction of sp³-hybridized carbons (Fsp3) is 0.500. The fourth-order valence-electron chi connectivity index (χ4n) is 4.47. The third kappa shape index (κ3) is 5.60. The van der Waals surface area contributed by atoms with Gasteiger partial charge in [-0.1, -0.05) is 12.1 Å². The Labute approximate surface area is 184 Å². The van der Waals surface area contributed by atoms with Crippen LogP contribution in [0.4, 0.5) is 16.3 Å². The highest BCUT2D eigenvalue weighted by atomic mass is 16.5. The Hall–Kier alpha value is -2.96. The molecule has 2 aromatic rings. The summed E-state index contributed by atoms with van der Waals surface area (Å²) >= 11 is 0. The van der Waals surface area contributed by atoms with Crippen LogP contribution in [0, 0.1) is 5.92 Å². The minimum absolute atomic E-state index is 0.117. The van der Waals surface area contributed by atoms with Crippen molar-refractivity contribution in [2.24, 2.45) is 5.92 Å². The van der Waals surface area contributed by atoms with Crippen LogP contribution in [0.25, 0.3) is 0 Å². The SMILES string of the molecule is COc1cccc(N2CCC(CNC(=O)NCc3cccnc3N3CCCCC3)C2)c1. The molecule has 1 aromatic heterocycles. The lowest BCUT2D eigenvalue weighted by Gasteiger charge is -2.29. The van der Waals surface area contributed by atoms with Crippen LogP contribution in [-0.4, -0.2) is 50.8 Å². The Morgan fingerprint density at radius 2 is 1.97 bits per heavy atom. The number of carbonyl (C=O) groups excluding carboxylic acids is 1. The molecule has 0 saturated carbocycles. The first-order valence-electron chi connectivity index (χ1n) is 11.3. The maximum atomic E-state index is 12.4. The summed E-state index contributed by atoms with van der Waals surface area (Å²) in [4.78, 5) is 21.7. The van der Waals surface area contributed by atoms with Gasteiger partial charge in [0, 0.05) is 62.8 Å². The Morgan fingerprint density at radius 1 is 1.10 bits per heavy atom. The van der Waals surface area contributed by atoms with Crippen LogP contribution in [0.1, 0.15) is 31.2 Å². The van der Waals surface area contributed by atoms with Crippen LogP contribution < -0.4 is 25.2 Å². The van der Waals surface area contributed by atoms with E-state index in [0.717, 1.165) is 49.7 Å². The van der Waals surface area contributed by atoms with Crippen molar-refractivity contribution in [3.8, 4) is 5.75 Å². The molecule has 2 aliphatic heterocycles. The van der Waals surface area contributed by atoms with Crippen LogP contribution >= 0.6 is 0 Å². The number of methoxy groups -OCH3 is 1. The summed E-state index contributed by atoms with van der Waals surface area (Å²) in [7, 11) is 1.69. The molecule has 2 N–H and O–H groups in total. The summed E-state index contributed by atoms with van der Waals surface area (Å²) < 4.78 is 5.33. The molecule has 2 fully saturated rings. The van der Waals surface area contributed by atoms with E-state index in [9.17, 15) is 4.79 Å². The zero-order chi connectivity index (χ0) is 21.5. The summed E-state index contributed by atoms with van der Waals surface area (Å²) in [5.74, 6) is 2.32. The van der Waals surface area contributed by atoms with Gasteiger partial charge in [0.1, 0.15) is 11.6 Å². The molecule has 7 heteroatoms. The van der Waals surface area contributed by atoms with Crippen LogP contribution in [0.3, 0.4) is 0 Å². The maximum Gasteiger partial charge on any atom is 0.315 e. The molecule has 166 valence electrons. The number of amides is 2. The third-order valence-corrected chi connectivity index (χ3v) is 6.22. The third-order valence-electron chi connectivity index (χ3n) is 6.22. The molecule has 2 amide bonds. The summed E-state index contributed by atoms with van der Waals surface area (Å²) in [6.07, 6.45) is 6.60. The van der Waals surface area contributed by atoms with Gasteiger partial charge in [0.2, 0.25) is 0 Å².